The smallest absolute Gasteiger partial charge is 0.328 e. The minimum absolute atomic E-state index is 0.0371. The number of aromatic amines is 2. The molecule has 25 N–H and O–H groups in total. The van der Waals surface area contributed by atoms with Crippen LogP contribution in [0.5, 0.6) is 0 Å². The van der Waals surface area contributed by atoms with E-state index in [1.165, 1.54) is 17.4 Å². The first-order valence-corrected chi connectivity index (χ1v) is 36.7. The number of imidazole rings is 1. The van der Waals surface area contributed by atoms with E-state index in [1.807, 2.05) is 5.32 Å². The van der Waals surface area contributed by atoms with Gasteiger partial charge in [0.25, 0.3) is 0 Å². The van der Waals surface area contributed by atoms with Gasteiger partial charge in [0.05, 0.1) is 38.2 Å². The summed E-state index contributed by atoms with van der Waals surface area (Å²) in [6.45, 7) is 9.03. The maximum Gasteiger partial charge on any atom is 0.328 e. The molecule has 1 aliphatic heterocycles. The molecule has 5 rings (SSSR count). The Morgan fingerprint density at radius 2 is 1.11 bits per heavy atom. The number of guanidine groups is 1. The number of H-pyrrole nitrogens is 2. The van der Waals surface area contributed by atoms with Crippen LogP contribution in [0, 0.1) is 17.8 Å². The average molecular weight is 1530 g/mol. The third-order valence-corrected chi connectivity index (χ3v) is 19.0. The van der Waals surface area contributed by atoms with Crippen molar-refractivity contribution in [3.8, 4) is 0 Å². The van der Waals surface area contributed by atoms with E-state index < -0.39 is 187 Å². The van der Waals surface area contributed by atoms with Crippen LogP contribution in [-0.4, -0.2) is 241 Å². The number of likely N-dealkylation sites (tertiary alicyclic amines) is 1. The summed E-state index contributed by atoms with van der Waals surface area (Å²) in [6, 6.07) is -1.78. The zero-order valence-electron chi connectivity index (χ0n) is 62.6. The van der Waals surface area contributed by atoms with Crippen LogP contribution in [0.15, 0.2) is 78.3 Å². The highest BCUT2D eigenvalue weighted by molar-refractivity contribution is 6.00. The second-order valence-corrected chi connectivity index (χ2v) is 27.6. The fourth-order valence-electron chi connectivity index (χ4n) is 12.0. The predicted octanol–water partition coefficient (Wildman–Crippen LogP) is -4.42. The van der Waals surface area contributed by atoms with Gasteiger partial charge in [0.2, 0.25) is 70.9 Å². The van der Waals surface area contributed by atoms with Crippen molar-refractivity contribution < 1.29 is 82.8 Å². The zero-order valence-corrected chi connectivity index (χ0v) is 62.6. The Balaban J connectivity index is 1.40. The van der Waals surface area contributed by atoms with E-state index in [-0.39, 0.29) is 69.8 Å². The minimum Gasteiger partial charge on any atom is -0.480 e. The molecule has 0 saturated carbocycles. The SMILES string of the molecule is CC[C@H](C)[C@H](NC(=O)[C@H](CO)NC(=O)[C@H](Cc1cnc[nH]1)NC(=O)[C@H](Cc1ccccc1)NC(=O)[C@H](CCCN=C(N)N)NC(=O)[C@H](Cc1c[nH]c2ccccc12)NC(=O)CNC(=O)[C@H](CCCCN)NC(=O)[C@@H]1CCCN1C(=O)[C@@H](N)C(C)C)C(=O)N[C@H](C(=O)N[C@@H](CO)C(=O)N[C@H](C(=O)O)[C@@H](C)O)[C@@H](C)CC. The Hall–Kier alpha value is -10.6. The second kappa shape index (κ2) is 44.6. The molecule has 2 aromatic carbocycles. The first kappa shape index (κ1) is 89.0. The molecule has 1 aliphatic rings. The quantitative estimate of drug-likeness (QED) is 0.0113. The van der Waals surface area contributed by atoms with E-state index in [4.69, 9.17) is 22.9 Å². The number of aliphatic carboxylic acids is 1. The van der Waals surface area contributed by atoms with E-state index in [0.29, 0.717) is 66.5 Å². The zero-order chi connectivity index (χ0) is 80.6. The second-order valence-electron chi connectivity index (χ2n) is 27.6. The molecule has 0 unspecified atom stereocenters. The Bertz CT molecular complexity index is 3720. The maximum atomic E-state index is 15.0. The highest BCUT2D eigenvalue weighted by atomic mass is 16.4. The highest BCUT2D eigenvalue weighted by Gasteiger charge is 2.41. The standard InChI is InChI=1S/C72H110N20O17/c1-8-39(5)57(68(105)88-53(36-94)66(103)91-59(41(7)95)71(108)109)90-69(106)58(40(6)9-2)89-65(102)52(35-93)87-64(101)51(31-44-33-77-37-81-44)86-62(99)49(29-42-19-11-10-12-20-42)85-61(98)48(24-17-27-78-72(75)76)83-63(100)50(30-43-32-79-46-22-14-13-21-45(43)46)82-55(96)34-80-60(97)47(23-15-16-26-73)84-67(104)54-25-18-28-92(54)70(107)56(74)38(3)4/h10-14,19-22,32-33,37-41,47-54,56-59,79,93-95H,8-9,15-18,23-31,34-36,73-74H2,1-7H3,(H,77,81)(H,80,97)(H,82,96)(H,83,100)(H,84,104)(H,85,98)(H,86,99)(H,87,101)(H,88,105)(H,89,102)(H,90,106)(H,91,103)(H,108,109)(H4,75,76,78)/t39-,40-,41+,47-,48-,49-,50-,51-,52-,53-,54-,56-,57-,58-,59-/m0/s1. The van der Waals surface area contributed by atoms with E-state index >= 15 is 9.59 Å². The average Bonchev–Trinajstić information content (AvgIpc) is 1.72. The fourth-order valence-corrected chi connectivity index (χ4v) is 12.0. The van der Waals surface area contributed by atoms with Crippen molar-refractivity contribution in [2.75, 3.05) is 39.4 Å². The lowest BCUT2D eigenvalue weighted by molar-refractivity contribution is -0.145. The summed E-state index contributed by atoms with van der Waals surface area (Å²) >= 11 is 0. The van der Waals surface area contributed by atoms with Crippen LogP contribution in [0.2, 0.25) is 0 Å². The van der Waals surface area contributed by atoms with Gasteiger partial charge in [-0.1, -0.05) is 103 Å². The molecular formula is C72H110N20O17. The largest absolute Gasteiger partial charge is 0.480 e. The van der Waals surface area contributed by atoms with Crippen LogP contribution in [0.1, 0.15) is 123 Å². The van der Waals surface area contributed by atoms with Crippen LogP contribution in [0.3, 0.4) is 0 Å². The number of hydrogen-bond acceptors (Lipinski definition) is 20. The molecule has 0 radical (unpaired) electrons. The molecule has 600 valence electrons. The van der Waals surface area contributed by atoms with Crippen molar-refractivity contribution in [1.29, 1.82) is 0 Å². The molecule has 3 heterocycles. The molecule has 109 heavy (non-hydrogen) atoms. The number of nitrogens with zero attached hydrogens (tertiary/aromatic N) is 3. The number of amides is 12. The van der Waals surface area contributed by atoms with Crippen LogP contribution < -0.4 is 81.4 Å². The molecule has 0 spiro atoms. The molecule has 15 atom stereocenters. The van der Waals surface area contributed by atoms with Crippen molar-refractivity contribution in [2.45, 2.75) is 204 Å². The maximum absolute atomic E-state index is 15.0. The van der Waals surface area contributed by atoms with Gasteiger partial charge in [-0.05, 0) is 93.4 Å². The number of unbranched alkanes of at least 4 members (excludes halogenated alkanes) is 1. The number of carbonyl (C=O) groups is 13. The number of nitrogens with one attached hydrogen (secondary N) is 13. The molecule has 12 amide bonds. The van der Waals surface area contributed by atoms with Crippen LogP contribution in [-0.2, 0) is 81.6 Å². The van der Waals surface area contributed by atoms with E-state index in [0.717, 1.165) is 6.92 Å². The van der Waals surface area contributed by atoms with Gasteiger partial charge in [-0.25, -0.2) is 9.78 Å². The molecule has 4 aromatic rings. The monoisotopic (exact) mass is 1530 g/mol. The summed E-state index contributed by atoms with van der Waals surface area (Å²) in [7, 11) is 0. The van der Waals surface area contributed by atoms with Gasteiger partial charge in [-0.2, -0.15) is 0 Å². The van der Waals surface area contributed by atoms with Gasteiger partial charge in [-0.15, -0.1) is 0 Å². The van der Waals surface area contributed by atoms with Gasteiger partial charge in [0.15, 0.2) is 12.0 Å². The summed E-state index contributed by atoms with van der Waals surface area (Å²) in [5.41, 5.74) is 25.3. The van der Waals surface area contributed by atoms with Crippen molar-refractivity contribution >= 4 is 93.7 Å². The summed E-state index contributed by atoms with van der Waals surface area (Å²) in [5.74, 6) is -14.0. The summed E-state index contributed by atoms with van der Waals surface area (Å²) in [4.78, 5) is 198. The van der Waals surface area contributed by atoms with Crippen LogP contribution in [0.25, 0.3) is 10.9 Å². The summed E-state index contributed by atoms with van der Waals surface area (Å²) in [6.07, 6.45) is 4.27. The molecule has 37 nitrogen and oxygen atoms in total. The number of hydrogen-bond donors (Lipinski definition) is 21. The third kappa shape index (κ3) is 27.5. The number of aliphatic hydroxyl groups excluding tert-OH is 3. The number of carboxylic acid groups (broad SMARTS) is 1. The number of carboxylic acids is 1. The third-order valence-electron chi connectivity index (χ3n) is 19.0. The van der Waals surface area contributed by atoms with E-state index in [1.54, 1.807) is 102 Å². The lowest BCUT2D eigenvalue weighted by Crippen LogP contribution is -2.63. The first-order chi connectivity index (χ1) is 51.9. The number of nitrogens with two attached hydrogens (primary N) is 4. The molecule has 1 fully saturated rings. The molecule has 37 heteroatoms. The van der Waals surface area contributed by atoms with Gasteiger partial charge in [0.1, 0.15) is 60.4 Å². The lowest BCUT2D eigenvalue weighted by atomic mass is 9.94. The number of aromatic nitrogens is 3. The first-order valence-electron chi connectivity index (χ1n) is 36.7. The number of benzene rings is 2. The van der Waals surface area contributed by atoms with Crippen molar-refractivity contribution in [2.24, 2.45) is 45.7 Å². The Labute approximate surface area is 631 Å². The van der Waals surface area contributed by atoms with Crippen molar-refractivity contribution in [3.05, 3.63) is 90.1 Å². The van der Waals surface area contributed by atoms with Gasteiger partial charge < -0.3 is 117 Å². The molecule has 0 aliphatic carbocycles. The van der Waals surface area contributed by atoms with Crippen molar-refractivity contribution in [1.82, 2.24) is 78.3 Å². The number of aliphatic hydroxyl groups is 3. The highest BCUT2D eigenvalue weighted by Crippen LogP contribution is 2.23. The Morgan fingerprint density at radius 1 is 0.596 bits per heavy atom. The molecule has 0 bridgehead atoms. The number of rotatable bonds is 46. The lowest BCUT2D eigenvalue weighted by Gasteiger charge is -2.31. The summed E-state index contributed by atoms with van der Waals surface area (Å²) < 4.78 is 0. The van der Waals surface area contributed by atoms with Crippen LogP contribution in [0.4, 0.5) is 0 Å². The molecular weight excluding hydrogens is 1420 g/mol. The molecule has 1 saturated heterocycles. The topological polar surface area (TPSA) is 599 Å². The van der Waals surface area contributed by atoms with Crippen LogP contribution >= 0.6 is 0 Å². The molecule has 2 aromatic heterocycles. The van der Waals surface area contributed by atoms with Crippen molar-refractivity contribution in [3.63, 3.8) is 0 Å². The Kier molecular flexibility index (Phi) is 36.4. The summed E-state index contributed by atoms with van der Waals surface area (Å²) in [5, 5.41) is 69.0. The Morgan fingerprint density at radius 3 is 1.67 bits per heavy atom. The van der Waals surface area contributed by atoms with Gasteiger partial charge in [-0.3, -0.25) is 62.5 Å². The predicted molar refractivity (Wildman–Crippen MR) is 400 cm³/mol. The van der Waals surface area contributed by atoms with E-state index in [9.17, 15) is 73.2 Å². The normalized spacial score (nSPS) is 16.6. The number of para-hydroxylation sites is 1. The minimum atomic E-state index is -1.82. The fraction of sp³-hybridized carbons (Fsp3) is 0.569. The number of aliphatic imine (C=N–C) groups is 1. The van der Waals surface area contributed by atoms with Gasteiger partial charge >= 0.3 is 5.97 Å². The number of fused-ring (bicyclic) bond motifs is 1. The number of carbonyl (C=O) groups excluding carboxylic acids is 12. The van der Waals surface area contributed by atoms with Gasteiger partial charge in [0, 0.05) is 61.3 Å². The van der Waals surface area contributed by atoms with E-state index in [2.05, 4.69) is 73.1 Å².